The van der Waals surface area contributed by atoms with E-state index in [2.05, 4.69) is 25.1 Å². The summed E-state index contributed by atoms with van der Waals surface area (Å²) < 4.78 is 2.96. The van der Waals surface area contributed by atoms with E-state index < -0.39 is 0 Å². The molecular formula is C16H14N8OS. The minimum Gasteiger partial charge on any atom is -0.295 e. The Morgan fingerprint density at radius 3 is 2.85 bits per heavy atom. The van der Waals surface area contributed by atoms with Gasteiger partial charge in [-0.1, -0.05) is 11.8 Å². The lowest BCUT2D eigenvalue weighted by atomic mass is 10.2. The second kappa shape index (κ2) is 5.96. The first kappa shape index (κ1) is 16.3. The molecule has 0 aromatic carbocycles. The summed E-state index contributed by atoms with van der Waals surface area (Å²) in [4.78, 5) is 25.4. The van der Waals surface area contributed by atoms with Crippen LogP contribution in [0.2, 0.25) is 0 Å². The molecule has 10 heteroatoms. The fourth-order valence-corrected chi connectivity index (χ4v) is 3.33. The van der Waals surface area contributed by atoms with Crippen LogP contribution >= 0.6 is 11.8 Å². The molecule has 4 rings (SSSR count). The molecule has 0 saturated heterocycles. The highest BCUT2D eigenvalue weighted by Gasteiger charge is 2.13. The Balaban J connectivity index is 1.66. The van der Waals surface area contributed by atoms with E-state index in [0.29, 0.717) is 33.6 Å². The van der Waals surface area contributed by atoms with Gasteiger partial charge in [-0.2, -0.15) is 10.2 Å². The SMILES string of the molecule is Cc1nc2nc(SCc3cc(=O)n4[nH]cc(C#N)c4n3)nn2c(C)c1C. The summed E-state index contributed by atoms with van der Waals surface area (Å²) in [7, 11) is 0. The molecule has 9 nitrogen and oxygen atoms in total. The van der Waals surface area contributed by atoms with Crippen molar-refractivity contribution in [1.29, 1.82) is 5.26 Å². The van der Waals surface area contributed by atoms with Gasteiger partial charge in [-0.25, -0.2) is 19.0 Å². The van der Waals surface area contributed by atoms with Crippen molar-refractivity contribution < 1.29 is 0 Å². The van der Waals surface area contributed by atoms with Gasteiger partial charge in [-0.05, 0) is 26.3 Å². The number of aryl methyl sites for hydroxylation is 2. The third-order valence-corrected chi connectivity index (χ3v) is 5.13. The first-order valence-electron chi connectivity index (χ1n) is 7.81. The summed E-state index contributed by atoms with van der Waals surface area (Å²) in [6, 6.07) is 3.45. The van der Waals surface area contributed by atoms with Crippen molar-refractivity contribution in [1.82, 2.24) is 34.2 Å². The van der Waals surface area contributed by atoms with Crippen molar-refractivity contribution in [2.45, 2.75) is 31.7 Å². The summed E-state index contributed by atoms with van der Waals surface area (Å²) >= 11 is 1.37. The second-order valence-corrected chi connectivity index (χ2v) is 6.79. The summed E-state index contributed by atoms with van der Waals surface area (Å²) in [5.74, 6) is 0.962. The number of nitrogens with one attached hydrogen (secondary N) is 1. The molecule has 0 aliphatic carbocycles. The Morgan fingerprint density at radius 2 is 2.08 bits per heavy atom. The quantitative estimate of drug-likeness (QED) is 0.547. The number of hydrogen-bond acceptors (Lipinski definition) is 7. The van der Waals surface area contributed by atoms with Crippen LogP contribution in [0.3, 0.4) is 0 Å². The number of H-pyrrole nitrogens is 1. The maximum Gasteiger partial charge on any atom is 0.272 e. The predicted molar refractivity (Wildman–Crippen MR) is 95.1 cm³/mol. The molecule has 0 fully saturated rings. The fourth-order valence-electron chi connectivity index (χ4n) is 2.62. The van der Waals surface area contributed by atoms with Crippen molar-refractivity contribution in [2.24, 2.45) is 0 Å². The lowest BCUT2D eigenvalue weighted by Gasteiger charge is -2.04. The van der Waals surface area contributed by atoms with Crippen LogP contribution in [-0.4, -0.2) is 34.2 Å². The van der Waals surface area contributed by atoms with Gasteiger partial charge in [0.1, 0.15) is 11.6 Å². The second-order valence-electron chi connectivity index (χ2n) is 5.85. The molecule has 0 unspecified atom stereocenters. The van der Waals surface area contributed by atoms with E-state index in [-0.39, 0.29) is 5.56 Å². The van der Waals surface area contributed by atoms with E-state index in [1.54, 1.807) is 4.52 Å². The highest BCUT2D eigenvalue weighted by molar-refractivity contribution is 7.98. The van der Waals surface area contributed by atoms with Gasteiger partial charge in [0.15, 0.2) is 5.65 Å². The molecule has 0 spiro atoms. The molecule has 0 radical (unpaired) electrons. The minimum atomic E-state index is -0.265. The largest absolute Gasteiger partial charge is 0.295 e. The molecule has 4 aromatic rings. The van der Waals surface area contributed by atoms with E-state index >= 15 is 0 Å². The Morgan fingerprint density at radius 1 is 1.27 bits per heavy atom. The van der Waals surface area contributed by atoms with Crippen LogP contribution in [0.25, 0.3) is 11.4 Å². The number of rotatable bonds is 3. The Labute approximate surface area is 151 Å². The molecule has 4 heterocycles. The number of fused-ring (bicyclic) bond motifs is 2. The van der Waals surface area contributed by atoms with Gasteiger partial charge in [-0.15, -0.1) is 5.10 Å². The molecule has 4 aromatic heterocycles. The number of hydrogen-bond donors (Lipinski definition) is 1. The monoisotopic (exact) mass is 366 g/mol. The first-order valence-corrected chi connectivity index (χ1v) is 8.80. The van der Waals surface area contributed by atoms with Crippen LogP contribution in [0.1, 0.15) is 28.2 Å². The molecule has 0 aliphatic rings. The van der Waals surface area contributed by atoms with Crippen LogP contribution in [0.5, 0.6) is 0 Å². The van der Waals surface area contributed by atoms with Crippen LogP contribution in [0.15, 0.2) is 22.2 Å². The van der Waals surface area contributed by atoms with Crippen molar-refractivity contribution in [3.63, 3.8) is 0 Å². The highest BCUT2D eigenvalue weighted by atomic mass is 32.2. The zero-order valence-corrected chi connectivity index (χ0v) is 15.1. The number of aromatic amines is 1. The molecule has 0 atom stereocenters. The van der Waals surface area contributed by atoms with E-state index in [9.17, 15) is 4.79 Å². The van der Waals surface area contributed by atoms with Crippen molar-refractivity contribution >= 4 is 23.2 Å². The molecule has 1 N–H and O–H groups in total. The molecule has 0 aliphatic heterocycles. The fraction of sp³-hybridized carbons (Fsp3) is 0.250. The summed E-state index contributed by atoms with van der Waals surface area (Å²) in [5.41, 5.74) is 3.94. The highest BCUT2D eigenvalue weighted by Crippen LogP contribution is 2.20. The van der Waals surface area contributed by atoms with Gasteiger partial charge in [0.2, 0.25) is 5.16 Å². The first-order chi connectivity index (χ1) is 12.5. The summed E-state index contributed by atoms with van der Waals surface area (Å²) in [6.45, 7) is 5.92. The van der Waals surface area contributed by atoms with Gasteiger partial charge in [0.25, 0.3) is 11.3 Å². The number of nitriles is 1. The summed E-state index contributed by atoms with van der Waals surface area (Å²) in [5, 5.41) is 16.9. The lowest BCUT2D eigenvalue weighted by molar-refractivity contribution is 0.832. The Bertz CT molecular complexity index is 1260. The summed E-state index contributed by atoms with van der Waals surface area (Å²) in [6.07, 6.45) is 1.46. The lowest BCUT2D eigenvalue weighted by Crippen LogP contribution is -2.15. The minimum absolute atomic E-state index is 0.265. The molecule has 0 bridgehead atoms. The van der Waals surface area contributed by atoms with Crippen LogP contribution in [0, 0.1) is 32.1 Å². The van der Waals surface area contributed by atoms with E-state index in [1.165, 1.54) is 28.5 Å². The van der Waals surface area contributed by atoms with Crippen molar-refractivity contribution in [3.05, 3.63) is 50.8 Å². The van der Waals surface area contributed by atoms with Gasteiger partial charge in [-0.3, -0.25) is 9.89 Å². The van der Waals surface area contributed by atoms with Gasteiger partial charge >= 0.3 is 0 Å². The van der Waals surface area contributed by atoms with Crippen molar-refractivity contribution in [3.8, 4) is 6.07 Å². The smallest absolute Gasteiger partial charge is 0.272 e. The topological polar surface area (TPSA) is 117 Å². The third kappa shape index (κ3) is 2.53. The molecule has 0 amide bonds. The normalized spacial score (nSPS) is 11.3. The number of aromatic nitrogens is 7. The Hall–Kier alpha value is -3.19. The maximum atomic E-state index is 12.1. The number of thioether (sulfide) groups is 1. The predicted octanol–water partition coefficient (Wildman–Crippen LogP) is 1.55. The molecule has 26 heavy (non-hydrogen) atoms. The van der Waals surface area contributed by atoms with Gasteiger partial charge in [0.05, 0.1) is 5.69 Å². The maximum absolute atomic E-state index is 12.1. The average Bonchev–Trinajstić information content (AvgIpc) is 3.22. The standard InChI is InChI=1S/C16H14N8OS/c1-8-9(2)19-15-21-16(22-23(15)10(8)3)26-7-12-4-13(25)24-14(20-12)11(5-17)6-18-24/h4,6,18H,7H2,1-3H3. The Kier molecular flexibility index (Phi) is 3.73. The molecule has 0 saturated carbocycles. The average molecular weight is 366 g/mol. The zero-order valence-electron chi connectivity index (χ0n) is 14.3. The zero-order chi connectivity index (χ0) is 18.4. The number of nitrogens with zero attached hydrogens (tertiary/aromatic N) is 7. The van der Waals surface area contributed by atoms with E-state index in [4.69, 9.17) is 5.26 Å². The van der Waals surface area contributed by atoms with Gasteiger partial charge < -0.3 is 0 Å². The molecule has 130 valence electrons. The van der Waals surface area contributed by atoms with Crippen LogP contribution in [0.4, 0.5) is 0 Å². The van der Waals surface area contributed by atoms with Crippen LogP contribution < -0.4 is 5.56 Å². The van der Waals surface area contributed by atoms with E-state index in [0.717, 1.165) is 17.0 Å². The van der Waals surface area contributed by atoms with Crippen molar-refractivity contribution in [2.75, 3.05) is 0 Å². The van der Waals surface area contributed by atoms with Crippen LogP contribution in [-0.2, 0) is 5.75 Å². The third-order valence-electron chi connectivity index (χ3n) is 4.26. The molecular weight excluding hydrogens is 352 g/mol. The van der Waals surface area contributed by atoms with Gasteiger partial charge in [0, 0.05) is 29.4 Å². The van der Waals surface area contributed by atoms with E-state index in [1.807, 2.05) is 26.8 Å².